The molecule has 1 heterocycles. The Hall–Kier alpha value is -3.80. The van der Waals surface area contributed by atoms with Gasteiger partial charge in [-0.15, -0.1) is 0 Å². The molecule has 1 amide bonds. The molecule has 0 aliphatic rings. The molecule has 168 valence electrons. The Labute approximate surface area is 191 Å². The summed E-state index contributed by atoms with van der Waals surface area (Å²) in [5, 5.41) is 3.02. The van der Waals surface area contributed by atoms with Gasteiger partial charge in [-0.2, -0.15) is 0 Å². The average Bonchev–Trinajstić information content (AvgIpc) is 3.31. The zero-order valence-electron chi connectivity index (χ0n) is 18.2. The normalized spacial score (nSPS) is 11.4. The first kappa shape index (κ1) is 22.4. The highest BCUT2D eigenvalue weighted by molar-refractivity contribution is 5.76. The van der Waals surface area contributed by atoms with E-state index in [9.17, 15) is 13.6 Å². The molecule has 0 saturated heterocycles. The number of hydrogen-bond acceptors (Lipinski definition) is 3. The summed E-state index contributed by atoms with van der Waals surface area (Å²) in [4.78, 5) is 16.7. The molecular formula is C27H24F2N2O2. The van der Waals surface area contributed by atoms with Gasteiger partial charge in [0.25, 0.3) is 0 Å². The lowest BCUT2D eigenvalue weighted by molar-refractivity contribution is -0.121. The van der Waals surface area contributed by atoms with E-state index < -0.39 is 17.0 Å². The van der Waals surface area contributed by atoms with Gasteiger partial charge in [-0.25, -0.2) is 13.8 Å². The maximum absolute atomic E-state index is 14.0. The summed E-state index contributed by atoms with van der Waals surface area (Å²) in [6, 6.07) is 23.7. The Morgan fingerprint density at radius 2 is 1.48 bits per heavy atom. The number of rotatable bonds is 8. The molecule has 1 N–H and O–H groups in total. The van der Waals surface area contributed by atoms with Crippen LogP contribution in [0.2, 0.25) is 0 Å². The van der Waals surface area contributed by atoms with E-state index in [1.54, 1.807) is 0 Å². The van der Waals surface area contributed by atoms with Crippen LogP contribution in [0.1, 0.15) is 30.4 Å². The number of halogens is 2. The number of aromatic nitrogens is 1. The third-order valence-corrected chi connectivity index (χ3v) is 5.79. The molecule has 0 saturated carbocycles. The lowest BCUT2D eigenvalue weighted by atomic mass is 9.76. The Kier molecular flexibility index (Phi) is 6.63. The van der Waals surface area contributed by atoms with E-state index in [1.807, 2.05) is 36.4 Å². The fourth-order valence-electron chi connectivity index (χ4n) is 3.84. The smallest absolute Gasteiger partial charge is 0.220 e. The van der Waals surface area contributed by atoms with Crippen molar-refractivity contribution in [2.24, 2.45) is 0 Å². The van der Waals surface area contributed by atoms with Crippen molar-refractivity contribution >= 4 is 5.91 Å². The first-order valence-electron chi connectivity index (χ1n) is 10.7. The predicted octanol–water partition coefficient (Wildman–Crippen LogP) is 5.67. The van der Waals surface area contributed by atoms with Crippen molar-refractivity contribution in [3.8, 4) is 11.3 Å². The summed E-state index contributed by atoms with van der Waals surface area (Å²) in [5.74, 6) is -1.36. The highest BCUT2D eigenvalue weighted by Crippen LogP contribution is 2.31. The van der Waals surface area contributed by atoms with Gasteiger partial charge in [0.05, 0.1) is 11.8 Å². The number of carbonyl (C=O) groups is 1. The fourth-order valence-corrected chi connectivity index (χ4v) is 3.84. The zero-order valence-corrected chi connectivity index (χ0v) is 18.2. The number of amides is 1. The Morgan fingerprint density at radius 3 is 2.06 bits per heavy atom. The molecule has 1 aromatic heterocycles. The molecule has 0 unspecified atom stereocenters. The molecule has 33 heavy (non-hydrogen) atoms. The second-order valence-corrected chi connectivity index (χ2v) is 8.06. The number of aryl methyl sites for hydroxylation is 1. The fraction of sp³-hybridized carbons (Fsp3) is 0.185. The summed E-state index contributed by atoms with van der Waals surface area (Å²) in [7, 11) is 0. The molecule has 0 aliphatic heterocycles. The standard InChI is InChI=1S/C27H24F2N2O2/c1-27(19-9-4-2-5-10-19,20-11-6-3-7-12-20)18-31-24(32)15-16-25-30-17-23(33-25)26-21(28)13-8-14-22(26)29/h2-14,17H,15-16,18H2,1H3,(H,31,32). The average molecular weight is 446 g/mol. The number of oxazole rings is 1. The Morgan fingerprint density at radius 1 is 0.909 bits per heavy atom. The molecule has 0 spiro atoms. The summed E-state index contributed by atoms with van der Waals surface area (Å²) in [6.07, 6.45) is 1.63. The van der Waals surface area contributed by atoms with Crippen LogP contribution >= 0.6 is 0 Å². The molecule has 0 aliphatic carbocycles. The highest BCUT2D eigenvalue weighted by atomic mass is 19.1. The monoisotopic (exact) mass is 446 g/mol. The molecule has 0 atom stereocenters. The van der Waals surface area contributed by atoms with Gasteiger partial charge in [0.1, 0.15) is 11.6 Å². The van der Waals surface area contributed by atoms with E-state index in [-0.39, 0.29) is 36.0 Å². The lowest BCUT2D eigenvalue weighted by Gasteiger charge is -2.31. The van der Waals surface area contributed by atoms with Crippen LogP contribution in [0.15, 0.2) is 89.5 Å². The van der Waals surface area contributed by atoms with Gasteiger partial charge in [0.2, 0.25) is 5.91 Å². The van der Waals surface area contributed by atoms with Crippen molar-refractivity contribution in [1.29, 1.82) is 0 Å². The molecule has 4 rings (SSSR count). The van der Waals surface area contributed by atoms with Crippen LogP contribution in [0.5, 0.6) is 0 Å². The number of nitrogens with one attached hydrogen (secondary N) is 1. The van der Waals surface area contributed by atoms with Crippen LogP contribution in [0.4, 0.5) is 8.78 Å². The number of benzene rings is 3. The third kappa shape index (κ3) is 5.00. The van der Waals surface area contributed by atoms with Gasteiger partial charge in [0.15, 0.2) is 11.7 Å². The van der Waals surface area contributed by atoms with Crippen molar-refractivity contribution in [2.75, 3.05) is 6.54 Å². The van der Waals surface area contributed by atoms with Crippen molar-refractivity contribution in [2.45, 2.75) is 25.2 Å². The van der Waals surface area contributed by atoms with E-state index >= 15 is 0 Å². The SMILES string of the molecule is CC(CNC(=O)CCc1ncc(-c2c(F)cccc2F)o1)(c1ccccc1)c1ccccc1. The lowest BCUT2D eigenvalue weighted by Crippen LogP contribution is -2.39. The second-order valence-electron chi connectivity index (χ2n) is 8.06. The van der Waals surface area contributed by atoms with Crippen LogP contribution in [0.25, 0.3) is 11.3 Å². The van der Waals surface area contributed by atoms with Crippen LogP contribution in [0.3, 0.4) is 0 Å². The van der Waals surface area contributed by atoms with Crippen molar-refractivity contribution in [3.63, 3.8) is 0 Å². The zero-order chi connectivity index (χ0) is 23.3. The minimum absolute atomic E-state index is 0.00161. The predicted molar refractivity (Wildman–Crippen MR) is 123 cm³/mol. The molecule has 0 radical (unpaired) electrons. The van der Waals surface area contributed by atoms with Gasteiger partial charge in [0, 0.05) is 24.8 Å². The van der Waals surface area contributed by atoms with Crippen LogP contribution in [0, 0.1) is 11.6 Å². The van der Waals surface area contributed by atoms with Crippen molar-refractivity contribution in [3.05, 3.63) is 114 Å². The van der Waals surface area contributed by atoms with Gasteiger partial charge in [-0.05, 0) is 30.2 Å². The highest BCUT2D eigenvalue weighted by Gasteiger charge is 2.29. The minimum Gasteiger partial charge on any atom is -0.441 e. The van der Waals surface area contributed by atoms with Crippen LogP contribution < -0.4 is 5.32 Å². The second kappa shape index (κ2) is 9.77. The molecule has 4 aromatic rings. The first-order valence-corrected chi connectivity index (χ1v) is 10.7. The molecule has 0 fully saturated rings. The van der Waals surface area contributed by atoms with Crippen LogP contribution in [-0.2, 0) is 16.6 Å². The van der Waals surface area contributed by atoms with Gasteiger partial charge < -0.3 is 9.73 Å². The van der Waals surface area contributed by atoms with E-state index in [1.165, 1.54) is 12.3 Å². The van der Waals surface area contributed by atoms with Crippen molar-refractivity contribution < 1.29 is 18.0 Å². The largest absolute Gasteiger partial charge is 0.441 e. The number of hydrogen-bond donors (Lipinski definition) is 1. The number of carbonyl (C=O) groups excluding carboxylic acids is 1. The Balaban J connectivity index is 1.41. The van der Waals surface area contributed by atoms with Crippen molar-refractivity contribution in [1.82, 2.24) is 10.3 Å². The van der Waals surface area contributed by atoms with E-state index in [0.29, 0.717) is 6.54 Å². The van der Waals surface area contributed by atoms with Gasteiger partial charge in [-0.3, -0.25) is 4.79 Å². The number of nitrogens with zero attached hydrogens (tertiary/aromatic N) is 1. The minimum atomic E-state index is -0.725. The summed E-state index contributed by atoms with van der Waals surface area (Å²) < 4.78 is 33.4. The molecule has 0 bridgehead atoms. The third-order valence-electron chi connectivity index (χ3n) is 5.79. The first-order chi connectivity index (χ1) is 16.0. The van der Waals surface area contributed by atoms with Gasteiger partial charge in [-0.1, -0.05) is 66.7 Å². The molecular weight excluding hydrogens is 422 g/mol. The molecule has 3 aromatic carbocycles. The maximum Gasteiger partial charge on any atom is 0.220 e. The van der Waals surface area contributed by atoms with Crippen LogP contribution in [-0.4, -0.2) is 17.4 Å². The van der Waals surface area contributed by atoms with E-state index in [4.69, 9.17) is 4.42 Å². The van der Waals surface area contributed by atoms with E-state index in [0.717, 1.165) is 23.3 Å². The molecule has 4 nitrogen and oxygen atoms in total. The van der Waals surface area contributed by atoms with Gasteiger partial charge >= 0.3 is 0 Å². The van der Waals surface area contributed by atoms with E-state index in [2.05, 4.69) is 41.5 Å². The quantitative estimate of drug-likeness (QED) is 0.379. The maximum atomic E-state index is 14.0. The molecule has 6 heteroatoms. The topological polar surface area (TPSA) is 55.1 Å². The Bertz CT molecular complexity index is 1160. The summed E-state index contributed by atoms with van der Waals surface area (Å²) in [5.41, 5.74) is 1.53. The summed E-state index contributed by atoms with van der Waals surface area (Å²) in [6.45, 7) is 2.51. The summed E-state index contributed by atoms with van der Waals surface area (Å²) >= 11 is 0.